The molecule has 0 radical (unpaired) electrons. The highest BCUT2D eigenvalue weighted by Crippen LogP contribution is 2.30. The standard InChI is InChI=1S/C26H27F3N2O2S2/c27-26(28,29)21-12-8-9-19(17-21)14-15-24(33)34-16-7-2-1-6-13-23(32)31-25-30-22(18-35-25)20-10-4-3-5-11-20/h3-5,8-12,17-18H,1-2,6-7,13-16H2,(H,30,31,32). The Labute approximate surface area is 211 Å². The van der Waals surface area contributed by atoms with Crippen LogP contribution >= 0.6 is 23.1 Å². The molecule has 0 saturated heterocycles. The first kappa shape index (κ1) is 26.9. The maximum Gasteiger partial charge on any atom is 0.416 e. The van der Waals surface area contributed by atoms with Gasteiger partial charge in [-0.2, -0.15) is 13.2 Å². The Morgan fingerprint density at radius 1 is 0.943 bits per heavy atom. The average Bonchev–Trinajstić information content (AvgIpc) is 3.30. The lowest BCUT2D eigenvalue weighted by Gasteiger charge is -2.08. The molecule has 186 valence electrons. The fourth-order valence-electron chi connectivity index (χ4n) is 3.40. The summed E-state index contributed by atoms with van der Waals surface area (Å²) in [5, 5.41) is 5.34. The summed E-state index contributed by atoms with van der Waals surface area (Å²) in [4.78, 5) is 28.6. The van der Waals surface area contributed by atoms with E-state index in [1.807, 2.05) is 35.7 Å². The summed E-state index contributed by atoms with van der Waals surface area (Å²) in [6, 6.07) is 14.9. The number of benzene rings is 2. The van der Waals surface area contributed by atoms with E-state index >= 15 is 0 Å². The molecule has 1 heterocycles. The van der Waals surface area contributed by atoms with Gasteiger partial charge in [0, 0.05) is 29.5 Å². The molecule has 0 spiro atoms. The van der Waals surface area contributed by atoms with Gasteiger partial charge in [0.25, 0.3) is 0 Å². The second kappa shape index (κ2) is 13.4. The van der Waals surface area contributed by atoms with Crippen LogP contribution in [0.1, 0.15) is 49.7 Å². The van der Waals surface area contributed by atoms with Crippen molar-refractivity contribution in [3.63, 3.8) is 0 Å². The average molecular weight is 521 g/mol. The maximum absolute atomic E-state index is 12.8. The predicted octanol–water partition coefficient (Wildman–Crippen LogP) is 7.61. The number of aryl methyl sites for hydroxylation is 1. The van der Waals surface area contributed by atoms with Crippen LogP contribution in [-0.2, 0) is 22.2 Å². The van der Waals surface area contributed by atoms with Crippen LogP contribution in [0.5, 0.6) is 0 Å². The summed E-state index contributed by atoms with van der Waals surface area (Å²) < 4.78 is 38.3. The monoisotopic (exact) mass is 520 g/mol. The molecule has 9 heteroatoms. The molecule has 4 nitrogen and oxygen atoms in total. The summed E-state index contributed by atoms with van der Waals surface area (Å²) in [5.74, 6) is 0.618. The number of nitrogens with one attached hydrogen (secondary N) is 1. The second-order valence-corrected chi connectivity index (χ2v) is 10.0. The fraction of sp³-hybridized carbons (Fsp3) is 0.346. The second-order valence-electron chi connectivity index (χ2n) is 8.03. The molecule has 1 amide bonds. The number of halogens is 3. The minimum Gasteiger partial charge on any atom is -0.302 e. The highest BCUT2D eigenvalue weighted by atomic mass is 32.2. The Balaban J connectivity index is 1.23. The van der Waals surface area contributed by atoms with Crippen molar-refractivity contribution in [3.05, 3.63) is 71.1 Å². The molecule has 0 fully saturated rings. The number of thioether (sulfide) groups is 1. The van der Waals surface area contributed by atoms with Gasteiger partial charge in [0.1, 0.15) is 0 Å². The topological polar surface area (TPSA) is 59.1 Å². The summed E-state index contributed by atoms with van der Waals surface area (Å²) in [6.45, 7) is 0. The Kier molecular flexibility index (Phi) is 10.3. The van der Waals surface area contributed by atoms with Gasteiger partial charge < -0.3 is 5.32 Å². The Bertz CT molecular complexity index is 1100. The summed E-state index contributed by atoms with van der Waals surface area (Å²) in [7, 11) is 0. The number of alkyl halides is 3. The van der Waals surface area contributed by atoms with Crippen LogP contribution in [-0.4, -0.2) is 21.8 Å². The minimum absolute atomic E-state index is 0.0138. The van der Waals surface area contributed by atoms with E-state index in [9.17, 15) is 22.8 Å². The lowest BCUT2D eigenvalue weighted by molar-refractivity contribution is -0.137. The number of carbonyl (C=O) groups is 2. The van der Waals surface area contributed by atoms with E-state index in [1.54, 1.807) is 6.07 Å². The molecule has 1 N–H and O–H groups in total. The number of anilines is 1. The fourth-order valence-corrected chi connectivity index (χ4v) is 4.96. The third kappa shape index (κ3) is 9.49. The van der Waals surface area contributed by atoms with Gasteiger partial charge in [-0.3, -0.25) is 9.59 Å². The normalized spacial score (nSPS) is 11.4. The number of hydrogen-bond acceptors (Lipinski definition) is 5. The molecule has 0 unspecified atom stereocenters. The molecular weight excluding hydrogens is 493 g/mol. The van der Waals surface area contributed by atoms with E-state index in [1.165, 1.54) is 29.2 Å². The van der Waals surface area contributed by atoms with Gasteiger partial charge in [0.05, 0.1) is 11.3 Å². The number of amides is 1. The number of thiazole rings is 1. The number of rotatable bonds is 12. The number of hydrogen-bond donors (Lipinski definition) is 1. The lowest BCUT2D eigenvalue weighted by Crippen LogP contribution is -2.10. The van der Waals surface area contributed by atoms with Crippen molar-refractivity contribution in [2.24, 2.45) is 0 Å². The molecular formula is C26H27F3N2O2S2. The molecule has 3 rings (SSSR count). The molecule has 0 aliphatic heterocycles. The number of unbranched alkanes of at least 4 members (excludes halogenated alkanes) is 3. The summed E-state index contributed by atoms with van der Waals surface area (Å²) in [5.41, 5.74) is 1.68. The molecule has 1 aromatic heterocycles. The first-order valence-corrected chi connectivity index (χ1v) is 13.3. The minimum atomic E-state index is -4.37. The van der Waals surface area contributed by atoms with Crippen molar-refractivity contribution in [2.75, 3.05) is 11.1 Å². The van der Waals surface area contributed by atoms with Crippen LogP contribution < -0.4 is 5.32 Å². The number of nitrogens with zero attached hydrogens (tertiary/aromatic N) is 1. The SMILES string of the molecule is O=C(CCCCCCSC(=O)CCc1cccc(C(F)(F)F)c1)Nc1nc(-c2ccccc2)cs1. The van der Waals surface area contributed by atoms with Crippen molar-refractivity contribution < 1.29 is 22.8 Å². The van der Waals surface area contributed by atoms with E-state index in [4.69, 9.17) is 0 Å². The molecule has 0 aliphatic rings. The zero-order valence-corrected chi connectivity index (χ0v) is 20.8. The third-order valence-electron chi connectivity index (χ3n) is 5.25. The Morgan fingerprint density at radius 2 is 1.71 bits per heavy atom. The lowest BCUT2D eigenvalue weighted by atomic mass is 10.1. The van der Waals surface area contributed by atoms with Crippen molar-refractivity contribution >= 4 is 39.3 Å². The van der Waals surface area contributed by atoms with Gasteiger partial charge in [-0.15, -0.1) is 11.3 Å². The smallest absolute Gasteiger partial charge is 0.302 e. The van der Waals surface area contributed by atoms with E-state index in [-0.39, 0.29) is 17.4 Å². The zero-order chi connectivity index (χ0) is 25.1. The van der Waals surface area contributed by atoms with Gasteiger partial charge in [-0.1, -0.05) is 73.1 Å². The summed E-state index contributed by atoms with van der Waals surface area (Å²) in [6.07, 6.45) is -0.0151. The van der Waals surface area contributed by atoms with Gasteiger partial charge in [0.15, 0.2) is 10.2 Å². The largest absolute Gasteiger partial charge is 0.416 e. The van der Waals surface area contributed by atoms with Gasteiger partial charge in [-0.25, -0.2) is 4.98 Å². The zero-order valence-electron chi connectivity index (χ0n) is 19.1. The maximum atomic E-state index is 12.8. The summed E-state index contributed by atoms with van der Waals surface area (Å²) >= 11 is 2.63. The van der Waals surface area contributed by atoms with Crippen LogP contribution in [0.3, 0.4) is 0 Å². The van der Waals surface area contributed by atoms with Crippen LogP contribution in [0.2, 0.25) is 0 Å². The van der Waals surface area contributed by atoms with Gasteiger partial charge in [0.2, 0.25) is 5.91 Å². The van der Waals surface area contributed by atoms with Gasteiger partial charge in [-0.05, 0) is 30.9 Å². The van der Waals surface area contributed by atoms with E-state index < -0.39 is 11.7 Å². The third-order valence-corrected chi connectivity index (χ3v) is 7.03. The molecule has 35 heavy (non-hydrogen) atoms. The van der Waals surface area contributed by atoms with Crippen molar-refractivity contribution in [1.82, 2.24) is 4.98 Å². The molecule has 0 saturated carbocycles. The van der Waals surface area contributed by atoms with E-state index in [0.717, 1.165) is 49.1 Å². The Morgan fingerprint density at radius 3 is 2.49 bits per heavy atom. The van der Waals surface area contributed by atoms with Crippen molar-refractivity contribution in [2.45, 2.75) is 51.1 Å². The molecule has 2 aromatic carbocycles. The van der Waals surface area contributed by atoms with Gasteiger partial charge >= 0.3 is 6.18 Å². The van der Waals surface area contributed by atoms with E-state index in [0.29, 0.717) is 29.3 Å². The van der Waals surface area contributed by atoms with Crippen LogP contribution in [0.4, 0.5) is 18.3 Å². The number of aromatic nitrogens is 1. The van der Waals surface area contributed by atoms with Crippen LogP contribution in [0.15, 0.2) is 60.0 Å². The quantitative estimate of drug-likeness (QED) is 0.250. The highest BCUT2D eigenvalue weighted by Gasteiger charge is 2.30. The van der Waals surface area contributed by atoms with Crippen molar-refractivity contribution in [3.8, 4) is 11.3 Å². The molecule has 0 aliphatic carbocycles. The van der Waals surface area contributed by atoms with E-state index in [2.05, 4.69) is 10.3 Å². The first-order chi connectivity index (χ1) is 16.8. The highest BCUT2D eigenvalue weighted by molar-refractivity contribution is 8.13. The first-order valence-electron chi connectivity index (χ1n) is 11.4. The number of carbonyl (C=O) groups excluding carboxylic acids is 2. The van der Waals surface area contributed by atoms with Crippen LogP contribution in [0.25, 0.3) is 11.3 Å². The Hall–Kier alpha value is -2.65. The molecule has 0 atom stereocenters. The van der Waals surface area contributed by atoms with Crippen LogP contribution in [0, 0.1) is 0 Å². The molecule has 3 aromatic rings. The predicted molar refractivity (Wildman–Crippen MR) is 136 cm³/mol. The molecule has 0 bridgehead atoms. The van der Waals surface area contributed by atoms with Crippen molar-refractivity contribution in [1.29, 1.82) is 0 Å².